The maximum absolute atomic E-state index is 12.8. The van der Waals surface area contributed by atoms with Crippen molar-refractivity contribution < 1.29 is 14.4 Å². The molecule has 1 aliphatic carbocycles. The molecule has 0 radical (unpaired) electrons. The number of amides is 3. The predicted octanol–water partition coefficient (Wildman–Crippen LogP) is 3.75. The molecule has 144 valence electrons. The second kappa shape index (κ2) is 7.58. The van der Waals surface area contributed by atoms with Crippen LogP contribution < -0.4 is 0 Å². The summed E-state index contributed by atoms with van der Waals surface area (Å²) in [4.78, 5) is 41.3. The van der Waals surface area contributed by atoms with Crippen molar-refractivity contribution in [1.29, 1.82) is 0 Å². The van der Waals surface area contributed by atoms with Crippen molar-refractivity contribution in [3.8, 4) is 0 Å². The molecule has 5 heteroatoms. The van der Waals surface area contributed by atoms with Gasteiger partial charge in [-0.15, -0.1) is 0 Å². The van der Waals surface area contributed by atoms with Crippen LogP contribution in [0.25, 0.3) is 0 Å². The van der Waals surface area contributed by atoms with Crippen LogP contribution in [0.4, 0.5) is 0 Å². The van der Waals surface area contributed by atoms with Crippen LogP contribution in [0.15, 0.2) is 48.5 Å². The molecule has 1 saturated carbocycles. The molecule has 0 spiro atoms. The van der Waals surface area contributed by atoms with E-state index in [2.05, 4.69) is 0 Å². The number of carbonyl (C=O) groups excluding carboxylic acids is 3. The van der Waals surface area contributed by atoms with Gasteiger partial charge in [0.15, 0.2) is 0 Å². The first-order valence-electron chi connectivity index (χ1n) is 9.84. The zero-order valence-corrected chi connectivity index (χ0v) is 16.1. The highest BCUT2D eigenvalue weighted by Gasteiger charge is 2.36. The van der Waals surface area contributed by atoms with E-state index in [-0.39, 0.29) is 24.3 Å². The smallest absolute Gasteiger partial charge is 0.261 e. The minimum absolute atomic E-state index is 0.101. The molecule has 0 unspecified atom stereocenters. The first-order chi connectivity index (χ1) is 13.5. The van der Waals surface area contributed by atoms with Crippen molar-refractivity contribution in [1.82, 2.24) is 9.80 Å². The molecule has 0 aromatic heterocycles. The molecular weight excluding hydrogens is 352 g/mol. The van der Waals surface area contributed by atoms with Crippen molar-refractivity contribution >= 4 is 17.7 Å². The standard InChI is InChI=1S/C23H24N2O3/c1-24(14-16-9-5-6-10-16)21(26)18-11-12-19-20(13-18)23(28)25(22(19)27)15-17-7-3-2-4-8-17/h2-4,7-8,11-13,16H,5-6,9-10,14-15H2,1H3. The van der Waals surface area contributed by atoms with Gasteiger partial charge in [-0.25, -0.2) is 0 Å². The highest BCUT2D eigenvalue weighted by molar-refractivity contribution is 6.22. The van der Waals surface area contributed by atoms with Gasteiger partial charge in [0.25, 0.3) is 17.7 Å². The molecule has 1 fully saturated rings. The Morgan fingerprint density at radius 1 is 1.00 bits per heavy atom. The Labute approximate surface area is 164 Å². The number of fused-ring (bicyclic) bond motifs is 1. The summed E-state index contributed by atoms with van der Waals surface area (Å²) in [7, 11) is 1.81. The van der Waals surface area contributed by atoms with Gasteiger partial charge in [-0.1, -0.05) is 43.2 Å². The molecule has 0 saturated heterocycles. The molecule has 0 N–H and O–H groups in total. The summed E-state index contributed by atoms with van der Waals surface area (Å²) < 4.78 is 0. The second-order valence-corrected chi connectivity index (χ2v) is 7.78. The van der Waals surface area contributed by atoms with Gasteiger partial charge in [0.2, 0.25) is 0 Å². The van der Waals surface area contributed by atoms with Crippen molar-refractivity contribution in [3.05, 3.63) is 70.8 Å². The van der Waals surface area contributed by atoms with Crippen LogP contribution >= 0.6 is 0 Å². The van der Waals surface area contributed by atoms with E-state index in [0.29, 0.717) is 22.6 Å². The van der Waals surface area contributed by atoms with Gasteiger partial charge in [0, 0.05) is 19.2 Å². The second-order valence-electron chi connectivity index (χ2n) is 7.78. The number of rotatable bonds is 5. The average Bonchev–Trinajstić information content (AvgIpc) is 3.31. The lowest BCUT2D eigenvalue weighted by atomic mass is 10.0. The number of hydrogen-bond donors (Lipinski definition) is 0. The largest absolute Gasteiger partial charge is 0.341 e. The number of imide groups is 1. The van der Waals surface area contributed by atoms with Crippen LogP contribution in [0.1, 0.15) is 62.3 Å². The fourth-order valence-corrected chi connectivity index (χ4v) is 4.22. The maximum atomic E-state index is 12.8. The van der Waals surface area contributed by atoms with Crippen molar-refractivity contribution in [2.45, 2.75) is 32.2 Å². The first-order valence-corrected chi connectivity index (χ1v) is 9.84. The topological polar surface area (TPSA) is 57.7 Å². The van der Waals surface area contributed by atoms with Crippen LogP contribution in [-0.4, -0.2) is 41.1 Å². The summed E-state index contributed by atoms with van der Waals surface area (Å²) in [6, 6.07) is 14.3. The summed E-state index contributed by atoms with van der Waals surface area (Å²) >= 11 is 0. The molecule has 0 atom stereocenters. The minimum atomic E-state index is -0.336. The van der Waals surface area contributed by atoms with Gasteiger partial charge >= 0.3 is 0 Å². The molecule has 2 aromatic carbocycles. The van der Waals surface area contributed by atoms with E-state index in [9.17, 15) is 14.4 Å². The maximum Gasteiger partial charge on any atom is 0.261 e. The molecule has 2 aromatic rings. The van der Waals surface area contributed by atoms with Gasteiger partial charge in [-0.3, -0.25) is 19.3 Å². The molecule has 4 rings (SSSR count). The van der Waals surface area contributed by atoms with E-state index in [0.717, 1.165) is 12.1 Å². The Kier molecular flexibility index (Phi) is 4.99. The van der Waals surface area contributed by atoms with Crippen molar-refractivity contribution in [2.75, 3.05) is 13.6 Å². The fraction of sp³-hybridized carbons (Fsp3) is 0.348. The third-order valence-electron chi connectivity index (χ3n) is 5.75. The fourth-order valence-electron chi connectivity index (χ4n) is 4.22. The number of hydrogen-bond acceptors (Lipinski definition) is 3. The summed E-state index contributed by atoms with van der Waals surface area (Å²) in [5.41, 5.74) is 2.04. The monoisotopic (exact) mass is 376 g/mol. The Balaban J connectivity index is 1.52. The van der Waals surface area contributed by atoms with E-state index >= 15 is 0 Å². The molecule has 28 heavy (non-hydrogen) atoms. The third kappa shape index (κ3) is 3.44. The van der Waals surface area contributed by atoms with Gasteiger partial charge in [-0.05, 0) is 42.5 Å². The number of nitrogens with zero attached hydrogens (tertiary/aromatic N) is 2. The Hall–Kier alpha value is -2.95. The van der Waals surface area contributed by atoms with E-state index in [1.807, 2.05) is 37.4 Å². The highest BCUT2D eigenvalue weighted by Crippen LogP contribution is 2.28. The molecule has 5 nitrogen and oxygen atoms in total. The lowest BCUT2D eigenvalue weighted by Gasteiger charge is -2.21. The lowest BCUT2D eigenvalue weighted by molar-refractivity contribution is 0.0642. The predicted molar refractivity (Wildman–Crippen MR) is 106 cm³/mol. The van der Waals surface area contributed by atoms with Crippen LogP contribution in [-0.2, 0) is 6.54 Å². The average molecular weight is 376 g/mol. The van der Waals surface area contributed by atoms with E-state index in [1.54, 1.807) is 23.1 Å². The summed E-state index contributed by atoms with van der Waals surface area (Å²) in [5.74, 6) is -0.177. The normalized spacial score (nSPS) is 16.5. The van der Waals surface area contributed by atoms with Gasteiger partial charge in [0.05, 0.1) is 17.7 Å². The van der Waals surface area contributed by atoms with Crippen molar-refractivity contribution in [3.63, 3.8) is 0 Å². The summed E-state index contributed by atoms with van der Waals surface area (Å²) in [6.45, 7) is 0.973. The third-order valence-corrected chi connectivity index (χ3v) is 5.75. The molecule has 1 aliphatic heterocycles. The van der Waals surface area contributed by atoms with E-state index < -0.39 is 0 Å². The van der Waals surface area contributed by atoms with Gasteiger partial charge in [-0.2, -0.15) is 0 Å². The van der Waals surface area contributed by atoms with E-state index in [1.165, 1.54) is 30.6 Å². The highest BCUT2D eigenvalue weighted by atomic mass is 16.2. The van der Waals surface area contributed by atoms with Crippen molar-refractivity contribution in [2.24, 2.45) is 5.92 Å². The summed E-state index contributed by atoms with van der Waals surface area (Å²) in [5, 5.41) is 0. The zero-order valence-electron chi connectivity index (χ0n) is 16.1. The van der Waals surface area contributed by atoms with Crippen LogP contribution in [0.3, 0.4) is 0 Å². The Bertz CT molecular complexity index is 917. The quantitative estimate of drug-likeness (QED) is 0.747. The molecule has 0 bridgehead atoms. The minimum Gasteiger partial charge on any atom is -0.341 e. The Morgan fingerprint density at radius 3 is 2.39 bits per heavy atom. The van der Waals surface area contributed by atoms with Crippen LogP contribution in [0.2, 0.25) is 0 Å². The lowest BCUT2D eigenvalue weighted by Crippen LogP contribution is -2.31. The first kappa shape index (κ1) is 18.4. The van der Waals surface area contributed by atoms with Gasteiger partial charge < -0.3 is 4.90 Å². The van der Waals surface area contributed by atoms with E-state index in [4.69, 9.17) is 0 Å². The number of carbonyl (C=O) groups is 3. The number of benzene rings is 2. The molecule has 1 heterocycles. The Morgan fingerprint density at radius 2 is 1.68 bits per heavy atom. The molecular formula is C23H24N2O3. The van der Waals surface area contributed by atoms with Gasteiger partial charge in [0.1, 0.15) is 0 Å². The summed E-state index contributed by atoms with van der Waals surface area (Å²) in [6.07, 6.45) is 4.81. The van der Waals surface area contributed by atoms with Crippen LogP contribution in [0.5, 0.6) is 0 Å². The molecule has 3 amide bonds. The zero-order chi connectivity index (χ0) is 19.7. The molecule has 2 aliphatic rings. The SMILES string of the molecule is CN(CC1CCCC1)C(=O)c1ccc2c(c1)C(=O)N(Cc1ccccc1)C2=O. The van der Waals surface area contributed by atoms with Crippen LogP contribution in [0, 0.1) is 5.92 Å².